The Morgan fingerprint density at radius 3 is 2.30 bits per heavy atom. The quantitative estimate of drug-likeness (QED) is 0.276. The fourth-order valence-corrected chi connectivity index (χ4v) is 12.5. The third kappa shape index (κ3) is 4.74. The van der Waals surface area contributed by atoms with E-state index in [1.807, 2.05) is 0 Å². The summed E-state index contributed by atoms with van der Waals surface area (Å²) in [5.41, 5.74) is 2.38. The van der Waals surface area contributed by atoms with Crippen LogP contribution in [-0.4, -0.2) is 68.3 Å². The second-order valence-corrected chi connectivity index (χ2v) is 18.4. The molecular weight excluding hydrogens is 530 g/mol. The molecule has 5 nitrogen and oxygen atoms in total. The molecule has 4 saturated carbocycles. The number of hydrogen-bond acceptors (Lipinski definition) is 4. The first kappa shape index (κ1) is 31.8. The Labute approximate surface area is 263 Å². The highest BCUT2D eigenvalue weighted by molar-refractivity contribution is 5.84. The van der Waals surface area contributed by atoms with Gasteiger partial charge in [-0.2, -0.15) is 0 Å². The molecule has 0 bridgehead atoms. The zero-order chi connectivity index (χ0) is 31.1. The lowest BCUT2D eigenvalue weighted by Gasteiger charge is -2.71. The summed E-state index contributed by atoms with van der Waals surface area (Å²) in [5.74, 6) is 2.13. The van der Waals surface area contributed by atoms with Crippen molar-refractivity contribution in [2.75, 3.05) is 46.3 Å². The van der Waals surface area contributed by atoms with Crippen LogP contribution in [0.4, 0.5) is 0 Å². The number of carbonyl (C=O) groups is 2. The van der Waals surface area contributed by atoms with Crippen LogP contribution in [0.3, 0.4) is 0 Å². The fourth-order valence-electron chi connectivity index (χ4n) is 12.5. The maximum atomic E-state index is 14.4. The number of fused-ring (bicyclic) bond motifs is 7. The molecule has 0 unspecified atom stereocenters. The second-order valence-electron chi connectivity index (χ2n) is 18.4. The van der Waals surface area contributed by atoms with Crippen molar-refractivity contribution < 1.29 is 9.59 Å². The monoisotopic (exact) mass is 593 g/mol. The normalized spacial score (nSPS) is 45.9. The van der Waals surface area contributed by atoms with Gasteiger partial charge in [0, 0.05) is 45.2 Å². The third-order valence-electron chi connectivity index (χ3n) is 15.7. The van der Waals surface area contributed by atoms with Gasteiger partial charge in [-0.1, -0.05) is 60.1 Å². The van der Waals surface area contributed by atoms with Gasteiger partial charge in [0.05, 0.1) is 5.41 Å². The topological polar surface area (TPSA) is 52.6 Å². The molecule has 1 amide bonds. The number of aldehydes is 1. The molecule has 242 valence electrons. The summed E-state index contributed by atoms with van der Waals surface area (Å²) in [6.45, 7) is 23.7. The number of carbonyl (C=O) groups excluding carboxylic acids is 2. The predicted molar refractivity (Wildman–Crippen MR) is 176 cm³/mol. The lowest BCUT2D eigenvalue weighted by Crippen LogP contribution is -2.65. The van der Waals surface area contributed by atoms with Gasteiger partial charge in [0.2, 0.25) is 5.91 Å². The molecule has 0 aromatic carbocycles. The van der Waals surface area contributed by atoms with Gasteiger partial charge in [-0.15, -0.1) is 0 Å². The Morgan fingerprint density at radius 2 is 1.60 bits per heavy atom. The van der Waals surface area contributed by atoms with E-state index in [0.29, 0.717) is 23.7 Å². The second kappa shape index (κ2) is 10.7. The number of allylic oxidation sites excluding steroid dienone is 2. The smallest absolute Gasteiger partial charge is 0.226 e. The molecule has 5 heteroatoms. The van der Waals surface area contributed by atoms with Crippen LogP contribution in [0.1, 0.15) is 113 Å². The van der Waals surface area contributed by atoms with Crippen LogP contribution in [0.5, 0.6) is 0 Å². The zero-order valence-electron chi connectivity index (χ0n) is 29.0. The summed E-state index contributed by atoms with van der Waals surface area (Å²) in [5, 5.41) is 3.51. The van der Waals surface area contributed by atoms with Crippen molar-refractivity contribution in [3.63, 3.8) is 0 Å². The van der Waals surface area contributed by atoms with Crippen molar-refractivity contribution in [3.05, 3.63) is 11.6 Å². The maximum absolute atomic E-state index is 14.4. The first-order valence-electron chi connectivity index (χ1n) is 18.0. The van der Waals surface area contributed by atoms with E-state index in [2.05, 4.69) is 76.7 Å². The number of hydrogen-bond donors (Lipinski definition) is 1. The number of piperazine rings is 1. The van der Waals surface area contributed by atoms with Crippen molar-refractivity contribution in [3.8, 4) is 0 Å². The van der Waals surface area contributed by atoms with E-state index in [0.717, 1.165) is 84.2 Å². The molecule has 5 aliphatic carbocycles. The number of likely N-dealkylation sites (N-methyl/N-ethyl adjacent to an activating group) is 1. The van der Waals surface area contributed by atoms with Gasteiger partial charge >= 0.3 is 0 Å². The minimum absolute atomic E-state index is 0.0678. The molecule has 0 aromatic heterocycles. The molecule has 1 aliphatic heterocycles. The standard InChI is InChI=1S/C38H63N3O2/c1-33(2)15-17-38(32(43)39-19-20-41-23-21-40(8)22-24-41)18-16-36(6)28(29(38)25-33)9-10-31-35(5)13-11-27(26-42)34(3,4)30(35)12-14-37(31,36)7/h9,26-27,29-31H,10-25H2,1-8H3,(H,39,43)/t27-,29+,30+,31-,35+,36-,37-,38+/m1/s1. The Kier molecular flexibility index (Phi) is 7.89. The van der Waals surface area contributed by atoms with Crippen LogP contribution in [0, 0.1) is 56.2 Å². The molecule has 0 radical (unpaired) electrons. The van der Waals surface area contributed by atoms with E-state index in [9.17, 15) is 9.59 Å². The molecule has 0 spiro atoms. The summed E-state index contributed by atoms with van der Waals surface area (Å²) in [6.07, 6.45) is 15.3. The summed E-state index contributed by atoms with van der Waals surface area (Å²) < 4.78 is 0. The van der Waals surface area contributed by atoms with Crippen molar-refractivity contribution in [2.45, 2.75) is 113 Å². The van der Waals surface area contributed by atoms with Gasteiger partial charge < -0.3 is 15.0 Å². The van der Waals surface area contributed by atoms with E-state index in [-0.39, 0.29) is 38.4 Å². The first-order valence-corrected chi connectivity index (χ1v) is 18.0. The molecule has 6 aliphatic rings. The highest BCUT2D eigenvalue weighted by atomic mass is 16.2. The van der Waals surface area contributed by atoms with Gasteiger partial charge in [-0.3, -0.25) is 9.69 Å². The average Bonchev–Trinajstić information content (AvgIpc) is 2.94. The Bertz CT molecular complexity index is 1140. The molecule has 5 fully saturated rings. The van der Waals surface area contributed by atoms with E-state index in [1.165, 1.54) is 25.5 Å². The molecule has 0 aromatic rings. The maximum Gasteiger partial charge on any atom is 0.226 e. The predicted octanol–water partition coefficient (Wildman–Crippen LogP) is 6.97. The molecular formula is C38H63N3O2. The van der Waals surface area contributed by atoms with Crippen molar-refractivity contribution >= 4 is 12.2 Å². The van der Waals surface area contributed by atoms with Crippen molar-refractivity contribution in [2.24, 2.45) is 56.2 Å². The van der Waals surface area contributed by atoms with Crippen LogP contribution in [-0.2, 0) is 9.59 Å². The van der Waals surface area contributed by atoms with Crippen LogP contribution in [0.25, 0.3) is 0 Å². The molecule has 1 heterocycles. The molecule has 1 N–H and O–H groups in total. The average molecular weight is 594 g/mol. The summed E-state index contributed by atoms with van der Waals surface area (Å²) >= 11 is 0. The Morgan fingerprint density at radius 1 is 0.907 bits per heavy atom. The lowest BCUT2D eigenvalue weighted by atomic mass is 9.33. The first-order chi connectivity index (χ1) is 20.1. The van der Waals surface area contributed by atoms with Gasteiger partial charge in [0.15, 0.2) is 0 Å². The van der Waals surface area contributed by atoms with E-state index in [1.54, 1.807) is 5.57 Å². The summed E-state index contributed by atoms with van der Waals surface area (Å²) in [4.78, 5) is 31.4. The van der Waals surface area contributed by atoms with Crippen LogP contribution in [0.2, 0.25) is 0 Å². The fraction of sp³-hybridized carbons (Fsp3) is 0.895. The minimum atomic E-state index is -0.253. The Balaban J connectivity index is 1.28. The number of rotatable bonds is 5. The SMILES string of the molecule is CN1CCN(CCNC(=O)[C@]23CCC(C)(C)C[C@H]2C2=CC[C@@H]4[C@@]5(C)CC[C@H](C=O)C(C)(C)[C@@H]5CC[C@@]4(C)[C@]2(C)CC3)CC1. The Hall–Kier alpha value is -1.20. The zero-order valence-corrected chi connectivity index (χ0v) is 29.0. The largest absolute Gasteiger partial charge is 0.354 e. The number of nitrogens with one attached hydrogen (secondary N) is 1. The molecule has 43 heavy (non-hydrogen) atoms. The van der Waals surface area contributed by atoms with Crippen molar-refractivity contribution in [1.82, 2.24) is 15.1 Å². The van der Waals surface area contributed by atoms with Gasteiger partial charge in [-0.05, 0) is 116 Å². The van der Waals surface area contributed by atoms with Gasteiger partial charge in [0.1, 0.15) is 6.29 Å². The minimum Gasteiger partial charge on any atom is -0.354 e. The van der Waals surface area contributed by atoms with E-state index < -0.39 is 0 Å². The number of amides is 1. The molecule has 8 atom stereocenters. The van der Waals surface area contributed by atoms with Gasteiger partial charge in [-0.25, -0.2) is 0 Å². The third-order valence-corrected chi connectivity index (χ3v) is 15.7. The van der Waals surface area contributed by atoms with Gasteiger partial charge in [0.25, 0.3) is 0 Å². The van der Waals surface area contributed by atoms with Crippen LogP contribution in [0.15, 0.2) is 11.6 Å². The lowest BCUT2D eigenvalue weighted by molar-refractivity contribution is -0.192. The number of nitrogens with zero attached hydrogens (tertiary/aromatic N) is 2. The van der Waals surface area contributed by atoms with Crippen LogP contribution < -0.4 is 5.32 Å². The highest BCUT2D eigenvalue weighted by Crippen LogP contribution is 2.76. The highest BCUT2D eigenvalue weighted by Gasteiger charge is 2.69. The summed E-state index contributed by atoms with van der Waals surface area (Å²) in [6, 6.07) is 0. The molecule has 1 saturated heterocycles. The van der Waals surface area contributed by atoms with Crippen molar-refractivity contribution in [1.29, 1.82) is 0 Å². The van der Waals surface area contributed by atoms with Crippen LogP contribution >= 0.6 is 0 Å². The molecule has 6 rings (SSSR count). The van der Waals surface area contributed by atoms with E-state index in [4.69, 9.17) is 0 Å². The summed E-state index contributed by atoms with van der Waals surface area (Å²) in [7, 11) is 2.20. The van der Waals surface area contributed by atoms with E-state index >= 15 is 0 Å².